The van der Waals surface area contributed by atoms with Crippen molar-refractivity contribution < 1.29 is 4.74 Å². The van der Waals surface area contributed by atoms with Crippen LogP contribution < -0.4 is 5.56 Å². The van der Waals surface area contributed by atoms with Gasteiger partial charge < -0.3 is 9.72 Å². The number of hydrogen-bond acceptors (Lipinski definition) is 6. The molecule has 0 bridgehead atoms. The molecule has 7 nitrogen and oxygen atoms in total. The molecule has 0 unspecified atom stereocenters. The molecule has 0 saturated carbocycles. The zero-order chi connectivity index (χ0) is 23.2. The monoisotopic (exact) mass is 467 g/mol. The van der Waals surface area contributed by atoms with Gasteiger partial charge in [-0.2, -0.15) is 0 Å². The van der Waals surface area contributed by atoms with E-state index in [1.165, 1.54) is 15.3 Å². The van der Waals surface area contributed by atoms with E-state index in [-0.39, 0.29) is 11.2 Å². The lowest BCUT2D eigenvalue weighted by Gasteiger charge is -2.47. The van der Waals surface area contributed by atoms with Crippen LogP contribution in [0.2, 0.25) is 0 Å². The van der Waals surface area contributed by atoms with Crippen molar-refractivity contribution in [3.63, 3.8) is 0 Å². The molecule has 33 heavy (non-hydrogen) atoms. The molecule has 176 valence electrons. The number of rotatable bonds is 5. The zero-order valence-electron chi connectivity index (χ0n) is 20.0. The third-order valence-corrected chi connectivity index (χ3v) is 8.56. The number of thiophene rings is 1. The maximum Gasteiger partial charge on any atom is 0.253 e. The molecule has 1 N–H and O–H groups in total. The van der Waals surface area contributed by atoms with Crippen molar-refractivity contribution in [1.82, 2.24) is 24.9 Å². The van der Waals surface area contributed by atoms with E-state index in [9.17, 15) is 4.79 Å². The molecule has 0 amide bonds. The predicted molar refractivity (Wildman–Crippen MR) is 130 cm³/mol. The van der Waals surface area contributed by atoms with Gasteiger partial charge in [0.25, 0.3) is 5.56 Å². The Labute approximate surface area is 198 Å². The van der Waals surface area contributed by atoms with Crippen LogP contribution in [-0.2, 0) is 36.3 Å². The fourth-order valence-electron chi connectivity index (χ4n) is 5.45. The Bertz CT molecular complexity index is 1210. The highest BCUT2D eigenvalue weighted by atomic mass is 32.1. The minimum absolute atomic E-state index is 0.0500. The van der Waals surface area contributed by atoms with E-state index in [2.05, 4.69) is 40.1 Å². The van der Waals surface area contributed by atoms with Gasteiger partial charge in [0.2, 0.25) is 0 Å². The normalized spacial score (nSPS) is 23.2. The van der Waals surface area contributed by atoms with Crippen LogP contribution >= 0.6 is 11.3 Å². The summed E-state index contributed by atoms with van der Waals surface area (Å²) in [5.41, 5.74) is 4.80. The zero-order valence-corrected chi connectivity index (χ0v) is 20.8. The number of nitrogens with one attached hydrogen (secondary N) is 1. The summed E-state index contributed by atoms with van der Waals surface area (Å²) in [6.07, 6.45) is 6.13. The first-order valence-corrected chi connectivity index (χ1v) is 12.8. The second-order valence-corrected chi connectivity index (χ2v) is 10.8. The second-order valence-electron chi connectivity index (χ2n) is 9.62. The van der Waals surface area contributed by atoms with E-state index in [1.807, 2.05) is 37.4 Å². The predicted octanol–water partition coefficient (Wildman–Crippen LogP) is 3.71. The van der Waals surface area contributed by atoms with Gasteiger partial charge in [0, 0.05) is 46.6 Å². The lowest BCUT2D eigenvalue weighted by atomic mass is 9.79. The SMILES string of the molecule is CCc1cc2c(s1)CCO[C@@]21CCN(Cc2cn(Cc3c(C)cc(C)[nH]c3=O)nn2)[C@@H](C)C1. The second kappa shape index (κ2) is 8.81. The van der Waals surface area contributed by atoms with Crippen molar-refractivity contribution in [2.75, 3.05) is 13.2 Å². The lowest BCUT2D eigenvalue weighted by Crippen LogP contribution is -2.50. The maximum absolute atomic E-state index is 12.4. The average molecular weight is 468 g/mol. The van der Waals surface area contributed by atoms with Crippen LogP contribution in [0.15, 0.2) is 23.1 Å². The number of pyridine rings is 1. The van der Waals surface area contributed by atoms with Gasteiger partial charge in [-0.05, 0) is 63.3 Å². The minimum Gasteiger partial charge on any atom is -0.370 e. The van der Waals surface area contributed by atoms with Gasteiger partial charge in [-0.3, -0.25) is 9.69 Å². The Morgan fingerprint density at radius 1 is 1.30 bits per heavy atom. The number of aromatic nitrogens is 4. The summed E-state index contributed by atoms with van der Waals surface area (Å²) in [4.78, 5) is 20.7. The summed E-state index contributed by atoms with van der Waals surface area (Å²) in [5.74, 6) is 0. The Balaban J connectivity index is 1.27. The van der Waals surface area contributed by atoms with Gasteiger partial charge in [0.1, 0.15) is 0 Å². The summed E-state index contributed by atoms with van der Waals surface area (Å²) < 4.78 is 8.25. The number of aryl methyl sites for hydroxylation is 3. The van der Waals surface area contributed by atoms with Gasteiger partial charge in [-0.1, -0.05) is 12.1 Å². The van der Waals surface area contributed by atoms with E-state index in [0.717, 1.165) is 67.9 Å². The highest BCUT2D eigenvalue weighted by Gasteiger charge is 2.44. The molecule has 8 heteroatoms. The van der Waals surface area contributed by atoms with Crippen LogP contribution in [-0.4, -0.2) is 44.1 Å². The maximum atomic E-state index is 12.4. The molecule has 0 aromatic carbocycles. The van der Waals surface area contributed by atoms with Crippen molar-refractivity contribution in [1.29, 1.82) is 0 Å². The van der Waals surface area contributed by atoms with Gasteiger partial charge in [0.05, 0.1) is 30.6 Å². The van der Waals surface area contributed by atoms with Crippen molar-refractivity contribution in [2.24, 2.45) is 0 Å². The third-order valence-electron chi connectivity index (χ3n) is 7.22. The van der Waals surface area contributed by atoms with Crippen molar-refractivity contribution in [3.05, 3.63) is 66.5 Å². The molecule has 3 aromatic rings. The molecule has 1 saturated heterocycles. The quantitative estimate of drug-likeness (QED) is 0.619. The van der Waals surface area contributed by atoms with Crippen LogP contribution in [0.1, 0.15) is 64.5 Å². The van der Waals surface area contributed by atoms with E-state index < -0.39 is 0 Å². The third kappa shape index (κ3) is 4.32. The number of ether oxygens (including phenoxy) is 1. The van der Waals surface area contributed by atoms with Crippen LogP contribution in [0, 0.1) is 13.8 Å². The van der Waals surface area contributed by atoms with Crippen molar-refractivity contribution >= 4 is 11.3 Å². The van der Waals surface area contributed by atoms with Gasteiger partial charge >= 0.3 is 0 Å². The first-order chi connectivity index (χ1) is 15.9. The van der Waals surface area contributed by atoms with E-state index in [0.29, 0.717) is 12.6 Å². The van der Waals surface area contributed by atoms with Crippen LogP contribution in [0.25, 0.3) is 0 Å². The van der Waals surface area contributed by atoms with Crippen LogP contribution in [0.4, 0.5) is 0 Å². The van der Waals surface area contributed by atoms with Gasteiger partial charge in [-0.15, -0.1) is 16.4 Å². The van der Waals surface area contributed by atoms with Crippen LogP contribution in [0.3, 0.4) is 0 Å². The molecule has 0 radical (unpaired) electrons. The number of aromatic amines is 1. The minimum atomic E-state index is -0.130. The number of piperidine rings is 1. The van der Waals surface area contributed by atoms with Gasteiger partial charge in [-0.25, -0.2) is 4.68 Å². The number of likely N-dealkylation sites (tertiary alicyclic amines) is 1. The summed E-state index contributed by atoms with van der Waals surface area (Å²) >= 11 is 1.97. The molecule has 1 fully saturated rings. The Hall–Kier alpha value is -2.29. The number of nitrogens with zero attached hydrogens (tertiary/aromatic N) is 4. The van der Waals surface area contributed by atoms with Crippen LogP contribution in [0.5, 0.6) is 0 Å². The molecular formula is C25H33N5O2S. The standard InChI is InChI=1S/C25H33N5O2S/c1-5-20-11-22-23(33-20)6-9-32-25(22)7-8-29(18(4)12-25)13-19-14-30(28-27-19)15-21-16(2)10-17(3)26-24(21)31/h10-11,14,18H,5-9,12-13,15H2,1-4H3,(H,26,31)/t18-,25+/m0/s1. The summed E-state index contributed by atoms with van der Waals surface area (Å²) in [6.45, 7) is 11.4. The first-order valence-electron chi connectivity index (χ1n) is 12.0. The molecule has 2 aliphatic rings. The number of fused-ring (bicyclic) bond motifs is 2. The lowest BCUT2D eigenvalue weighted by molar-refractivity contribution is -0.112. The Kier molecular flexibility index (Phi) is 6.01. The van der Waals surface area contributed by atoms with Gasteiger partial charge in [0.15, 0.2) is 0 Å². The number of hydrogen-bond donors (Lipinski definition) is 1. The summed E-state index contributed by atoms with van der Waals surface area (Å²) in [7, 11) is 0. The molecule has 5 rings (SSSR count). The molecule has 3 aromatic heterocycles. The smallest absolute Gasteiger partial charge is 0.253 e. The molecule has 5 heterocycles. The van der Waals surface area contributed by atoms with E-state index in [1.54, 1.807) is 4.68 Å². The topological polar surface area (TPSA) is 76.0 Å². The summed E-state index contributed by atoms with van der Waals surface area (Å²) in [5, 5.41) is 8.70. The fourth-order valence-corrected chi connectivity index (χ4v) is 6.62. The fraction of sp³-hybridized carbons (Fsp3) is 0.560. The largest absolute Gasteiger partial charge is 0.370 e. The Morgan fingerprint density at radius 3 is 2.91 bits per heavy atom. The molecule has 0 aliphatic carbocycles. The highest BCUT2D eigenvalue weighted by molar-refractivity contribution is 7.12. The van der Waals surface area contributed by atoms with E-state index >= 15 is 0 Å². The first kappa shape index (κ1) is 22.5. The number of H-pyrrole nitrogens is 1. The molecule has 2 aliphatic heterocycles. The van der Waals surface area contributed by atoms with E-state index in [4.69, 9.17) is 4.74 Å². The highest BCUT2D eigenvalue weighted by Crippen LogP contribution is 2.46. The molecule has 2 atom stereocenters. The molecule has 1 spiro atoms. The molecular weight excluding hydrogens is 434 g/mol. The average Bonchev–Trinajstić information content (AvgIpc) is 3.40. The Morgan fingerprint density at radius 2 is 2.15 bits per heavy atom. The van der Waals surface area contributed by atoms with Crippen molar-refractivity contribution in [3.8, 4) is 0 Å². The summed E-state index contributed by atoms with van der Waals surface area (Å²) in [6, 6.07) is 4.79. The van der Waals surface area contributed by atoms with Crippen molar-refractivity contribution in [2.45, 2.75) is 78.1 Å².